The zero-order valence-electron chi connectivity index (χ0n) is 12.3. The number of hydrogen-bond donors (Lipinski definition) is 1. The zero-order valence-corrected chi connectivity index (χ0v) is 13.1. The third-order valence-corrected chi connectivity index (χ3v) is 5.57. The topological polar surface area (TPSA) is 103 Å². The van der Waals surface area contributed by atoms with Crippen LogP contribution in [-0.2, 0) is 14.8 Å². The Labute approximate surface area is 130 Å². The molecular formula is C14H18N4O3S. The molecule has 22 heavy (non-hydrogen) atoms. The highest BCUT2D eigenvalue weighted by Gasteiger charge is 2.42. The van der Waals surface area contributed by atoms with Crippen molar-refractivity contribution in [1.29, 1.82) is 5.26 Å². The lowest BCUT2D eigenvalue weighted by Gasteiger charge is -2.18. The van der Waals surface area contributed by atoms with Gasteiger partial charge >= 0.3 is 0 Å². The van der Waals surface area contributed by atoms with Crippen LogP contribution in [0, 0.1) is 16.7 Å². The van der Waals surface area contributed by atoms with E-state index in [4.69, 9.17) is 5.26 Å². The number of pyridine rings is 1. The summed E-state index contributed by atoms with van der Waals surface area (Å²) in [7, 11) is -2.37. The van der Waals surface area contributed by atoms with E-state index in [1.807, 2.05) is 0 Å². The Morgan fingerprint density at radius 2 is 2.27 bits per heavy atom. The molecule has 2 rings (SSSR count). The van der Waals surface area contributed by atoms with Gasteiger partial charge in [-0.25, -0.2) is 8.42 Å². The molecule has 0 atom stereocenters. The van der Waals surface area contributed by atoms with Gasteiger partial charge in [-0.3, -0.25) is 9.78 Å². The molecule has 1 amide bonds. The second-order valence-corrected chi connectivity index (χ2v) is 7.61. The molecule has 1 N–H and O–H groups in total. The SMILES string of the molecule is CN(CC(=O)NCC1(CC#N)CC1)S(=O)(=O)c1cccnc1. The molecule has 7 nitrogen and oxygen atoms in total. The molecule has 0 aliphatic heterocycles. The van der Waals surface area contributed by atoms with Crippen LogP contribution in [0.5, 0.6) is 0 Å². The van der Waals surface area contributed by atoms with Gasteiger partial charge in [0.15, 0.2) is 0 Å². The summed E-state index contributed by atoms with van der Waals surface area (Å²) in [6.07, 6.45) is 4.98. The average molecular weight is 322 g/mol. The lowest BCUT2D eigenvalue weighted by atomic mass is 10.0. The highest BCUT2D eigenvalue weighted by Crippen LogP contribution is 2.47. The van der Waals surface area contributed by atoms with Crippen molar-refractivity contribution in [1.82, 2.24) is 14.6 Å². The van der Waals surface area contributed by atoms with Gasteiger partial charge in [0.05, 0.1) is 12.6 Å². The van der Waals surface area contributed by atoms with Gasteiger partial charge in [0, 0.05) is 37.8 Å². The third-order valence-electron chi connectivity index (χ3n) is 3.78. The van der Waals surface area contributed by atoms with Crippen LogP contribution in [0.2, 0.25) is 0 Å². The number of carbonyl (C=O) groups excluding carboxylic acids is 1. The first-order chi connectivity index (χ1) is 10.4. The van der Waals surface area contributed by atoms with Crippen molar-refractivity contribution in [2.75, 3.05) is 20.1 Å². The van der Waals surface area contributed by atoms with E-state index in [1.165, 1.54) is 31.6 Å². The molecule has 8 heteroatoms. The van der Waals surface area contributed by atoms with E-state index in [-0.39, 0.29) is 22.8 Å². The summed E-state index contributed by atoms with van der Waals surface area (Å²) in [6, 6.07) is 5.08. The second-order valence-electron chi connectivity index (χ2n) is 5.56. The van der Waals surface area contributed by atoms with Gasteiger partial charge in [0.25, 0.3) is 0 Å². The predicted molar refractivity (Wildman–Crippen MR) is 79.0 cm³/mol. The molecule has 1 aliphatic carbocycles. The van der Waals surface area contributed by atoms with E-state index in [9.17, 15) is 13.2 Å². The first kappa shape index (κ1) is 16.4. The Kier molecular flexibility index (Phi) is 4.78. The summed E-state index contributed by atoms with van der Waals surface area (Å²) in [5, 5.41) is 11.4. The minimum absolute atomic E-state index is 0.0495. The van der Waals surface area contributed by atoms with Crippen molar-refractivity contribution in [3.8, 4) is 6.07 Å². The molecule has 1 aromatic heterocycles. The van der Waals surface area contributed by atoms with Gasteiger partial charge in [-0.05, 0) is 25.0 Å². The zero-order chi connectivity index (χ0) is 16.2. The lowest BCUT2D eigenvalue weighted by molar-refractivity contribution is -0.121. The molecule has 1 aromatic rings. The number of nitrogens with zero attached hydrogens (tertiary/aromatic N) is 3. The van der Waals surface area contributed by atoms with Crippen molar-refractivity contribution >= 4 is 15.9 Å². The number of nitrogens with one attached hydrogen (secondary N) is 1. The lowest BCUT2D eigenvalue weighted by Crippen LogP contribution is -2.40. The molecule has 1 fully saturated rings. The van der Waals surface area contributed by atoms with Crippen LogP contribution in [0.3, 0.4) is 0 Å². The minimum atomic E-state index is -3.72. The van der Waals surface area contributed by atoms with E-state index in [0.717, 1.165) is 17.1 Å². The van der Waals surface area contributed by atoms with Gasteiger partial charge in [-0.15, -0.1) is 0 Å². The molecular weight excluding hydrogens is 304 g/mol. The maximum absolute atomic E-state index is 12.2. The second kappa shape index (κ2) is 6.42. The van der Waals surface area contributed by atoms with Crippen LogP contribution in [0.15, 0.2) is 29.4 Å². The normalized spacial score (nSPS) is 16.0. The fourth-order valence-corrected chi connectivity index (χ4v) is 3.16. The minimum Gasteiger partial charge on any atom is -0.354 e. The number of hydrogen-bond acceptors (Lipinski definition) is 5. The summed E-state index contributed by atoms with van der Waals surface area (Å²) < 4.78 is 25.5. The Balaban J connectivity index is 1.90. The molecule has 1 heterocycles. The highest BCUT2D eigenvalue weighted by atomic mass is 32.2. The van der Waals surface area contributed by atoms with Crippen LogP contribution in [0.1, 0.15) is 19.3 Å². The molecule has 118 valence electrons. The Bertz CT molecular complexity index is 678. The maximum Gasteiger partial charge on any atom is 0.244 e. The fourth-order valence-electron chi connectivity index (χ4n) is 2.07. The molecule has 1 aliphatic rings. The number of aromatic nitrogens is 1. The van der Waals surface area contributed by atoms with E-state index >= 15 is 0 Å². The molecule has 0 bridgehead atoms. The van der Waals surface area contributed by atoms with Crippen LogP contribution >= 0.6 is 0 Å². The fraction of sp³-hybridized carbons (Fsp3) is 0.500. The quantitative estimate of drug-likeness (QED) is 0.788. The Hall–Kier alpha value is -1.98. The number of carbonyl (C=O) groups is 1. The van der Waals surface area contributed by atoms with Gasteiger partial charge in [0.1, 0.15) is 4.90 Å². The summed E-state index contributed by atoms with van der Waals surface area (Å²) in [4.78, 5) is 15.7. The van der Waals surface area contributed by atoms with E-state index in [0.29, 0.717) is 13.0 Å². The monoisotopic (exact) mass is 322 g/mol. The Morgan fingerprint density at radius 1 is 1.55 bits per heavy atom. The van der Waals surface area contributed by atoms with Crippen molar-refractivity contribution in [3.05, 3.63) is 24.5 Å². The Morgan fingerprint density at radius 3 is 2.82 bits per heavy atom. The number of likely N-dealkylation sites (N-methyl/N-ethyl adjacent to an activating group) is 1. The summed E-state index contributed by atoms with van der Waals surface area (Å²) in [5.41, 5.74) is -0.106. The van der Waals surface area contributed by atoms with E-state index in [1.54, 1.807) is 0 Å². The molecule has 0 aromatic carbocycles. The van der Waals surface area contributed by atoms with Crippen molar-refractivity contribution in [2.45, 2.75) is 24.2 Å². The molecule has 1 saturated carbocycles. The summed E-state index contributed by atoms with van der Waals surface area (Å²) in [5.74, 6) is -0.376. The van der Waals surface area contributed by atoms with E-state index in [2.05, 4.69) is 16.4 Å². The van der Waals surface area contributed by atoms with Crippen molar-refractivity contribution in [2.24, 2.45) is 5.41 Å². The number of nitriles is 1. The number of amides is 1. The summed E-state index contributed by atoms with van der Waals surface area (Å²) in [6.45, 7) is 0.153. The van der Waals surface area contributed by atoms with Crippen LogP contribution < -0.4 is 5.32 Å². The summed E-state index contributed by atoms with van der Waals surface area (Å²) >= 11 is 0. The molecule has 0 unspecified atom stereocenters. The molecule has 0 saturated heterocycles. The predicted octanol–water partition coefficient (Wildman–Crippen LogP) is 0.512. The molecule has 0 radical (unpaired) electrons. The van der Waals surface area contributed by atoms with Gasteiger partial charge in [0.2, 0.25) is 15.9 Å². The van der Waals surface area contributed by atoms with Crippen molar-refractivity contribution in [3.63, 3.8) is 0 Å². The first-order valence-electron chi connectivity index (χ1n) is 6.90. The maximum atomic E-state index is 12.2. The largest absolute Gasteiger partial charge is 0.354 e. The third kappa shape index (κ3) is 3.81. The standard InChI is InChI=1S/C14H18N4O3S/c1-18(22(20,21)12-3-2-8-16-9-12)10-13(19)17-11-14(4-5-14)6-7-15/h2-3,8-9H,4-6,10-11H2,1H3,(H,17,19). The smallest absolute Gasteiger partial charge is 0.244 e. The van der Waals surface area contributed by atoms with E-state index < -0.39 is 10.0 Å². The number of sulfonamides is 1. The average Bonchev–Trinajstić information content (AvgIpc) is 3.26. The van der Waals surface area contributed by atoms with Gasteiger partial charge < -0.3 is 5.32 Å². The number of rotatable bonds is 7. The van der Waals surface area contributed by atoms with Crippen LogP contribution in [-0.4, -0.2) is 43.8 Å². The highest BCUT2D eigenvalue weighted by molar-refractivity contribution is 7.89. The van der Waals surface area contributed by atoms with Crippen molar-refractivity contribution < 1.29 is 13.2 Å². The van der Waals surface area contributed by atoms with Crippen LogP contribution in [0.25, 0.3) is 0 Å². The first-order valence-corrected chi connectivity index (χ1v) is 8.34. The van der Waals surface area contributed by atoms with Crippen LogP contribution in [0.4, 0.5) is 0 Å². The van der Waals surface area contributed by atoms with Gasteiger partial charge in [-0.2, -0.15) is 9.57 Å². The molecule has 0 spiro atoms. The van der Waals surface area contributed by atoms with Gasteiger partial charge in [-0.1, -0.05) is 0 Å².